The summed E-state index contributed by atoms with van der Waals surface area (Å²) in [5.74, 6) is -0.532. The molecule has 0 saturated carbocycles. The smallest absolute Gasteiger partial charge is 0.358 e. The summed E-state index contributed by atoms with van der Waals surface area (Å²) in [4.78, 5) is 15.6. The number of anilines is 1. The van der Waals surface area contributed by atoms with Crippen LogP contribution in [-0.2, 0) is 4.74 Å². The molecule has 0 aliphatic rings. The van der Waals surface area contributed by atoms with Gasteiger partial charge in [0.15, 0.2) is 5.69 Å². The summed E-state index contributed by atoms with van der Waals surface area (Å²) in [6, 6.07) is 7.32. The maximum atomic E-state index is 11.4. The molecule has 0 unspecified atom stereocenters. The Kier molecular flexibility index (Phi) is 2.78. The number of fused-ring (bicyclic) bond motifs is 1. The van der Waals surface area contributed by atoms with Crippen LogP contribution in [0.5, 0.6) is 0 Å². The molecule has 2 N–H and O–H groups in total. The van der Waals surface area contributed by atoms with Gasteiger partial charge in [-0.05, 0) is 28.1 Å². The fourth-order valence-electron chi connectivity index (χ4n) is 1.44. The van der Waals surface area contributed by atoms with Crippen LogP contribution in [0.1, 0.15) is 10.5 Å². The summed E-state index contributed by atoms with van der Waals surface area (Å²) in [6.45, 7) is 0. The summed E-state index contributed by atoms with van der Waals surface area (Å²) in [6.07, 6.45) is 0. The van der Waals surface area contributed by atoms with E-state index in [9.17, 15) is 4.79 Å². The number of nitrogens with two attached hydrogens (primary N) is 1. The van der Waals surface area contributed by atoms with Gasteiger partial charge in [-0.15, -0.1) is 0 Å². The number of rotatable bonds is 1. The molecule has 4 nitrogen and oxygen atoms in total. The topological polar surface area (TPSA) is 65.2 Å². The van der Waals surface area contributed by atoms with Gasteiger partial charge >= 0.3 is 5.97 Å². The number of hydrogen-bond donors (Lipinski definition) is 1. The van der Waals surface area contributed by atoms with Gasteiger partial charge in [-0.2, -0.15) is 0 Å². The molecule has 0 aliphatic carbocycles. The highest BCUT2D eigenvalue weighted by atomic mass is 79.9. The van der Waals surface area contributed by atoms with E-state index in [0.29, 0.717) is 11.2 Å². The molecule has 0 amide bonds. The number of para-hydroxylation sites is 1. The van der Waals surface area contributed by atoms with Gasteiger partial charge in [-0.3, -0.25) is 0 Å². The maximum Gasteiger partial charge on any atom is 0.358 e. The fraction of sp³-hybridized carbons (Fsp3) is 0.0909. The van der Waals surface area contributed by atoms with E-state index in [2.05, 4.69) is 25.7 Å². The Hall–Kier alpha value is -1.62. The molecule has 1 aromatic heterocycles. The van der Waals surface area contributed by atoms with Crippen molar-refractivity contribution in [2.24, 2.45) is 0 Å². The van der Waals surface area contributed by atoms with Crippen molar-refractivity contribution in [1.82, 2.24) is 4.98 Å². The third-order valence-electron chi connectivity index (χ3n) is 2.20. The fourth-order valence-corrected chi connectivity index (χ4v) is 1.91. The normalized spacial score (nSPS) is 10.4. The number of esters is 1. The van der Waals surface area contributed by atoms with Crippen molar-refractivity contribution in [2.45, 2.75) is 0 Å². The number of hydrogen-bond acceptors (Lipinski definition) is 4. The van der Waals surface area contributed by atoms with E-state index < -0.39 is 5.97 Å². The van der Waals surface area contributed by atoms with E-state index in [1.165, 1.54) is 7.11 Å². The molecule has 0 atom stereocenters. The molecule has 82 valence electrons. The lowest BCUT2D eigenvalue weighted by Crippen LogP contribution is -2.08. The number of nitrogen functional groups attached to an aromatic ring is 1. The molecule has 5 heteroatoms. The quantitative estimate of drug-likeness (QED) is 0.815. The van der Waals surface area contributed by atoms with Crippen molar-refractivity contribution in [3.8, 4) is 0 Å². The Balaban J connectivity index is 2.74. The summed E-state index contributed by atoms with van der Waals surface area (Å²) >= 11 is 3.37. The van der Waals surface area contributed by atoms with E-state index in [0.717, 1.165) is 9.86 Å². The standard InChI is InChI=1S/C11H9BrN2O2/c1-16-11(15)10-8(13)5-6-3-2-4-7(12)9(6)14-10/h2-5H,13H2,1H3. The summed E-state index contributed by atoms with van der Waals surface area (Å²) in [5.41, 5.74) is 6.88. The average molecular weight is 281 g/mol. The molecule has 0 saturated heterocycles. The van der Waals surface area contributed by atoms with Crippen molar-refractivity contribution in [1.29, 1.82) is 0 Å². The van der Waals surface area contributed by atoms with Crippen LogP contribution < -0.4 is 5.73 Å². The van der Waals surface area contributed by atoms with Crippen LogP contribution in [0.4, 0.5) is 5.69 Å². The average Bonchev–Trinajstić information content (AvgIpc) is 2.28. The first-order chi connectivity index (χ1) is 7.63. The van der Waals surface area contributed by atoms with Gasteiger partial charge in [0.25, 0.3) is 0 Å². The molecular weight excluding hydrogens is 272 g/mol. The third kappa shape index (κ3) is 1.74. The maximum absolute atomic E-state index is 11.4. The van der Waals surface area contributed by atoms with E-state index in [1.807, 2.05) is 18.2 Å². The molecular formula is C11H9BrN2O2. The number of benzene rings is 1. The highest BCUT2D eigenvalue weighted by Gasteiger charge is 2.13. The Morgan fingerprint density at radius 2 is 2.25 bits per heavy atom. The number of halogens is 1. The second kappa shape index (κ2) is 4.09. The number of pyridine rings is 1. The van der Waals surface area contributed by atoms with Gasteiger partial charge in [-0.25, -0.2) is 9.78 Å². The Morgan fingerprint density at radius 3 is 2.94 bits per heavy atom. The van der Waals surface area contributed by atoms with Crippen LogP contribution in [0.25, 0.3) is 10.9 Å². The van der Waals surface area contributed by atoms with Gasteiger partial charge < -0.3 is 10.5 Å². The lowest BCUT2D eigenvalue weighted by Gasteiger charge is -2.06. The largest absolute Gasteiger partial charge is 0.464 e. The zero-order chi connectivity index (χ0) is 11.7. The number of nitrogens with zero attached hydrogens (tertiary/aromatic N) is 1. The zero-order valence-electron chi connectivity index (χ0n) is 8.53. The van der Waals surface area contributed by atoms with Crippen LogP contribution in [0.15, 0.2) is 28.7 Å². The number of ether oxygens (including phenoxy) is 1. The van der Waals surface area contributed by atoms with E-state index in [4.69, 9.17) is 5.73 Å². The number of aromatic nitrogens is 1. The number of methoxy groups -OCH3 is 1. The van der Waals surface area contributed by atoms with Crippen molar-refractivity contribution in [3.05, 3.63) is 34.4 Å². The second-order valence-corrected chi connectivity index (χ2v) is 4.08. The molecule has 0 spiro atoms. The minimum Gasteiger partial charge on any atom is -0.464 e. The second-order valence-electron chi connectivity index (χ2n) is 3.23. The Labute approximate surface area is 101 Å². The van der Waals surface area contributed by atoms with Crippen molar-refractivity contribution < 1.29 is 9.53 Å². The van der Waals surface area contributed by atoms with Gasteiger partial charge in [0.1, 0.15) is 0 Å². The van der Waals surface area contributed by atoms with Crippen LogP contribution in [-0.4, -0.2) is 18.1 Å². The monoisotopic (exact) mass is 280 g/mol. The van der Waals surface area contributed by atoms with E-state index in [1.54, 1.807) is 6.07 Å². The summed E-state index contributed by atoms with van der Waals surface area (Å²) in [7, 11) is 1.30. The number of carbonyl (C=O) groups is 1. The predicted octanol–water partition coefficient (Wildman–Crippen LogP) is 2.37. The molecule has 0 radical (unpaired) electrons. The predicted molar refractivity (Wildman–Crippen MR) is 65.2 cm³/mol. The minimum atomic E-state index is -0.532. The Bertz CT molecular complexity index is 569. The van der Waals surface area contributed by atoms with Crippen LogP contribution in [0.3, 0.4) is 0 Å². The first kappa shape index (κ1) is 10.9. The molecule has 1 aromatic carbocycles. The first-order valence-corrected chi connectivity index (χ1v) is 5.36. The van der Waals surface area contributed by atoms with Crippen LogP contribution in [0.2, 0.25) is 0 Å². The molecule has 2 aromatic rings. The molecule has 0 aliphatic heterocycles. The lowest BCUT2D eigenvalue weighted by atomic mass is 10.2. The SMILES string of the molecule is COC(=O)c1nc2c(Br)cccc2cc1N. The summed E-state index contributed by atoms with van der Waals surface area (Å²) in [5, 5.41) is 0.875. The minimum absolute atomic E-state index is 0.141. The molecule has 0 fully saturated rings. The van der Waals surface area contributed by atoms with Crippen LogP contribution >= 0.6 is 15.9 Å². The number of carbonyl (C=O) groups excluding carboxylic acids is 1. The van der Waals surface area contributed by atoms with Gasteiger partial charge in [-0.1, -0.05) is 12.1 Å². The van der Waals surface area contributed by atoms with Crippen LogP contribution in [0, 0.1) is 0 Å². The lowest BCUT2D eigenvalue weighted by molar-refractivity contribution is 0.0596. The van der Waals surface area contributed by atoms with Gasteiger partial charge in [0, 0.05) is 9.86 Å². The molecule has 2 rings (SSSR count). The van der Waals surface area contributed by atoms with E-state index >= 15 is 0 Å². The van der Waals surface area contributed by atoms with Crippen molar-refractivity contribution in [3.63, 3.8) is 0 Å². The zero-order valence-corrected chi connectivity index (χ0v) is 10.1. The molecule has 1 heterocycles. The Morgan fingerprint density at radius 1 is 1.50 bits per heavy atom. The van der Waals surface area contributed by atoms with Gasteiger partial charge in [0.2, 0.25) is 0 Å². The third-order valence-corrected chi connectivity index (χ3v) is 2.84. The highest BCUT2D eigenvalue weighted by molar-refractivity contribution is 9.10. The first-order valence-electron chi connectivity index (χ1n) is 4.56. The molecule has 16 heavy (non-hydrogen) atoms. The van der Waals surface area contributed by atoms with E-state index in [-0.39, 0.29) is 5.69 Å². The van der Waals surface area contributed by atoms with Crippen molar-refractivity contribution >= 4 is 38.5 Å². The summed E-state index contributed by atoms with van der Waals surface area (Å²) < 4.78 is 5.42. The van der Waals surface area contributed by atoms with Gasteiger partial charge in [0.05, 0.1) is 18.3 Å². The highest BCUT2D eigenvalue weighted by Crippen LogP contribution is 2.25. The molecule has 0 bridgehead atoms. The van der Waals surface area contributed by atoms with Crippen molar-refractivity contribution in [2.75, 3.05) is 12.8 Å².